The fourth-order valence-corrected chi connectivity index (χ4v) is 4.67. The van der Waals surface area contributed by atoms with Crippen molar-refractivity contribution in [3.63, 3.8) is 0 Å². The van der Waals surface area contributed by atoms with Crippen molar-refractivity contribution in [1.29, 1.82) is 0 Å². The summed E-state index contributed by atoms with van der Waals surface area (Å²) in [6.07, 6.45) is -1.37. The van der Waals surface area contributed by atoms with E-state index in [0.29, 0.717) is 11.1 Å². The lowest BCUT2D eigenvalue weighted by atomic mass is 10.0. The zero-order valence-corrected chi connectivity index (χ0v) is 26.1. The van der Waals surface area contributed by atoms with Crippen LogP contribution in [0.4, 0.5) is 4.79 Å². The molecule has 3 rings (SSSR count). The van der Waals surface area contributed by atoms with Gasteiger partial charge in [-0.1, -0.05) is 42.5 Å². The highest BCUT2D eigenvalue weighted by Crippen LogP contribution is 2.20. The minimum atomic E-state index is -1.30. The highest BCUT2D eigenvalue weighted by molar-refractivity contribution is 5.95. The first-order valence-electron chi connectivity index (χ1n) is 14.3. The van der Waals surface area contributed by atoms with E-state index >= 15 is 0 Å². The number of hydrogen-bond acceptors (Lipinski definition) is 10. The zero-order valence-electron chi connectivity index (χ0n) is 26.1. The predicted molar refractivity (Wildman–Crippen MR) is 160 cm³/mol. The van der Waals surface area contributed by atoms with Gasteiger partial charge < -0.3 is 34.1 Å². The molecule has 1 saturated heterocycles. The summed E-state index contributed by atoms with van der Waals surface area (Å²) in [5.41, 5.74) is 0.846. The molecular weight excluding hydrogens is 586 g/mol. The average Bonchev–Trinajstić information content (AvgIpc) is 3.00. The van der Waals surface area contributed by atoms with Crippen LogP contribution in [0.3, 0.4) is 0 Å². The fraction of sp³-hybridized carbons (Fsp3) is 0.438. The molecule has 0 radical (unpaired) electrons. The number of benzene rings is 2. The largest absolute Gasteiger partial charge is 0.469 e. The van der Waals surface area contributed by atoms with Crippen LogP contribution in [0.5, 0.6) is 0 Å². The Morgan fingerprint density at radius 3 is 2.16 bits per heavy atom. The van der Waals surface area contributed by atoms with Crippen molar-refractivity contribution in [3.05, 3.63) is 71.3 Å². The number of hydrogen-bond donors (Lipinski definition) is 1. The Bertz CT molecular complexity index is 1370. The summed E-state index contributed by atoms with van der Waals surface area (Å²) < 4.78 is 20.2. The minimum Gasteiger partial charge on any atom is -0.469 e. The summed E-state index contributed by atoms with van der Waals surface area (Å²) in [6, 6.07) is 12.7. The molecule has 242 valence electrons. The quantitative estimate of drug-likeness (QED) is 0.290. The van der Waals surface area contributed by atoms with E-state index < -0.39 is 59.9 Å². The molecule has 0 bridgehead atoms. The number of piperazine rings is 1. The highest BCUT2D eigenvalue weighted by atomic mass is 16.6. The van der Waals surface area contributed by atoms with Gasteiger partial charge in [0.05, 0.1) is 26.2 Å². The molecule has 1 heterocycles. The van der Waals surface area contributed by atoms with Crippen molar-refractivity contribution in [3.8, 4) is 0 Å². The monoisotopic (exact) mass is 625 g/mol. The molecule has 2 atom stereocenters. The first-order chi connectivity index (χ1) is 21.3. The maximum atomic E-state index is 14.0. The van der Waals surface area contributed by atoms with E-state index in [1.807, 2.05) is 6.07 Å². The lowest BCUT2D eigenvalue weighted by Crippen LogP contribution is -2.63. The van der Waals surface area contributed by atoms with E-state index in [1.165, 1.54) is 29.0 Å². The van der Waals surface area contributed by atoms with Crippen LogP contribution in [0.15, 0.2) is 54.6 Å². The fourth-order valence-electron chi connectivity index (χ4n) is 4.67. The van der Waals surface area contributed by atoms with Crippen LogP contribution in [0, 0.1) is 0 Å². The van der Waals surface area contributed by atoms with Crippen LogP contribution in [-0.2, 0) is 51.2 Å². The van der Waals surface area contributed by atoms with Crippen LogP contribution < -0.4 is 5.32 Å². The maximum Gasteiger partial charge on any atom is 0.408 e. The van der Waals surface area contributed by atoms with Crippen LogP contribution in [0.1, 0.15) is 48.7 Å². The van der Waals surface area contributed by atoms with Gasteiger partial charge in [-0.25, -0.2) is 9.59 Å². The van der Waals surface area contributed by atoms with Crippen molar-refractivity contribution < 1.29 is 47.7 Å². The summed E-state index contributed by atoms with van der Waals surface area (Å²) in [7, 11) is 2.42. The molecule has 2 aromatic carbocycles. The van der Waals surface area contributed by atoms with E-state index in [9.17, 15) is 28.8 Å². The van der Waals surface area contributed by atoms with E-state index in [-0.39, 0.29) is 32.7 Å². The number of nitrogens with one attached hydrogen (secondary N) is 1. The number of carbonyl (C=O) groups is 6. The molecule has 1 aliphatic heterocycles. The summed E-state index contributed by atoms with van der Waals surface area (Å²) in [4.78, 5) is 79.6. The van der Waals surface area contributed by atoms with Gasteiger partial charge in [0.15, 0.2) is 0 Å². The lowest BCUT2D eigenvalue weighted by Gasteiger charge is -2.41. The Kier molecular flexibility index (Phi) is 12.0. The molecule has 0 saturated carbocycles. The smallest absolute Gasteiger partial charge is 0.408 e. The van der Waals surface area contributed by atoms with Gasteiger partial charge in [-0.05, 0) is 44.0 Å². The summed E-state index contributed by atoms with van der Waals surface area (Å²) in [5.74, 6) is -3.20. The van der Waals surface area contributed by atoms with Gasteiger partial charge in [-0.2, -0.15) is 0 Å². The van der Waals surface area contributed by atoms with Gasteiger partial charge >= 0.3 is 24.0 Å². The van der Waals surface area contributed by atoms with Crippen molar-refractivity contribution in [2.24, 2.45) is 0 Å². The van der Waals surface area contributed by atoms with Crippen molar-refractivity contribution >= 4 is 35.8 Å². The Labute approximate surface area is 261 Å². The van der Waals surface area contributed by atoms with Crippen LogP contribution in [0.2, 0.25) is 0 Å². The van der Waals surface area contributed by atoms with Crippen LogP contribution in [0.25, 0.3) is 0 Å². The summed E-state index contributed by atoms with van der Waals surface area (Å²) in [5, 5.41) is 2.59. The first kappa shape index (κ1) is 34.5. The number of methoxy groups -OCH3 is 2. The minimum absolute atomic E-state index is 0.0134. The third-order valence-electron chi connectivity index (χ3n) is 6.81. The second-order valence-corrected chi connectivity index (χ2v) is 11.3. The molecule has 0 spiro atoms. The van der Waals surface area contributed by atoms with Gasteiger partial charge in [0.25, 0.3) is 0 Å². The normalized spacial score (nSPS) is 15.5. The molecule has 13 nitrogen and oxygen atoms in total. The van der Waals surface area contributed by atoms with Crippen molar-refractivity contribution in [1.82, 2.24) is 15.1 Å². The molecule has 2 aromatic rings. The van der Waals surface area contributed by atoms with E-state index in [4.69, 9.17) is 18.9 Å². The molecule has 1 aliphatic rings. The molecule has 1 fully saturated rings. The number of rotatable bonds is 11. The van der Waals surface area contributed by atoms with Gasteiger partial charge in [0.2, 0.25) is 11.8 Å². The summed E-state index contributed by atoms with van der Waals surface area (Å²) in [6.45, 7) is 4.64. The number of esters is 3. The van der Waals surface area contributed by atoms with Gasteiger partial charge in [-0.3, -0.25) is 19.2 Å². The number of nitrogens with zero attached hydrogens (tertiary/aromatic N) is 2. The van der Waals surface area contributed by atoms with Gasteiger partial charge in [0, 0.05) is 19.5 Å². The second kappa shape index (κ2) is 15.7. The molecule has 0 unspecified atom stereocenters. The third kappa shape index (κ3) is 10.3. The number of amides is 3. The first-order valence-corrected chi connectivity index (χ1v) is 14.3. The number of alkyl carbamates (subject to hydrolysis) is 1. The third-order valence-corrected chi connectivity index (χ3v) is 6.81. The SMILES string of the molecule is COC(=O)C[C@H]1C(=O)N(CC(=O)OC(C)(C)C)CCN1C(=O)[C@H](Cc1ccc(C(=O)OC)cc1)NC(=O)OCc1ccccc1. The lowest BCUT2D eigenvalue weighted by molar-refractivity contribution is -0.164. The molecule has 1 N–H and O–H groups in total. The maximum absolute atomic E-state index is 14.0. The van der Waals surface area contributed by atoms with E-state index in [1.54, 1.807) is 57.2 Å². The van der Waals surface area contributed by atoms with Crippen molar-refractivity contribution in [2.45, 2.75) is 57.9 Å². The Morgan fingerprint density at radius 2 is 1.56 bits per heavy atom. The molecule has 3 amide bonds. The van der Waals surface area contributed by atoms with Crippen LogP contribution >= 0.6 is 0 Å². The Balaban J connectivity index is 1.85. The molecule has 0 aromatic heterocycles. The molecule has 45 heavy (non-hydrogen) atoms. The van der Waals surface area contributed by atoms with Crippen molar-refractivity contribution in [2.75, 3.05) is 33.9 Å². The van der Waals surface area contributed by atoms with Crippen LogP contribution in [-0.4, -0.2) is 97.2 Å². The number of ether oxygens (including phenoxy) is 4. The second-order valence-electron chi connectivity index (χ2n) is 11.3. The Hall–Kier alpha value is -4.94. The number of carbonyl (C=O) groups excluding carboxylic acids is 6. The average molecular weight is 626 g/mol. The van der Waals surface area contributed by atoms with Gasteiger partial charge in [-0.15, -0.1) is 0 Å². The Morgan fingerprint density at radius 1 is 0.889 bits per heavy atom. The standard InChI is InChI=1S/C32H39N3O10/c1-32(2,3)45-27(37)19-34-15-16-35(25(29(34)39)18-26(36)42-4)28(38)24(17-21-11-13-23(14-12-21)30(40)43-5)33-31(41)44-20-22-9-7-6-8-10-22/h6-14,24-25H,15-20H2,1-5H3,(H,33,41)/t24-,25-/m0/s1. The zero-order chi connectivity index (χ0) is 33.1. The molecule has 0 aliphatic carbocycles. The van der Waals surface area contributed by atoms with E-state index in [0.717, 1.165) is 12.7 Å². The predicted octanol–water partition coefficient (Wildman–Crippen LogP) is 2.25. The highest BCUT2D eigenvalue weighted by Gasteiger charge is 2.42. The topological polar surface area (TPSA) is 158 Å². The molecular formula is C32H39N3O10. The van der Waals surface area contributed by atoms with E-state index in [2.05, 4.69) is 5.32 Å². The summed E-state index contributed by atoms with van der Waals surface area (Å²) >= 11 is 0. The van der Waals surface area contributed by atoms with Gasteiger partial charge in [0.1, 0.15) is 30.8 Å². The molecule has 13 heteroatoms.